The molecule has 0 unspecified atom stereocenters. The van der Waals surface area contributed by atoms with Crippen LogP contribution in [-0.4, -0.2) is 17.9 Å². The number of rotatable bonds is 4. The first-order valence-electron chi connectivity index (χ1n) is 9.95. The summed E-state index contributed by atoms with van der Waals surface area (Å²) >= 11 is 0. The summed E-state index contributed by atoms with van der Waals surface area (Å²) in [6.07, 6.45) is 2.56. The molecular weight excluding hydrogens is 364 g/mol. The van der Waals surface area contributed by atoms with Crippen molar-refractivity contribution in [1.29, 1.82) is 0 Å². The predicted octanol–water partition coefficient (Wildman–Crippen LogP) is 5.20. The van der Waals surface area contributed by atoms with Gasteiger partial charge in [0.2, 0.25) is 5.91 Å². The molecular formula is C24H24N2O3. The zero-order chi connectivity index (χ0) is 20.4. The summed E-state index contributed by atoms with van der Waals surface area (Å²) in [6.45, 7) is 3.90. The maximum absolute atomic E-state index is 13.1. The van der Waals surface area contributed by atoms with Crippen molar-refractivity contribution in [3.8, 4) is 0 Å². The lowest BCUT2D eigenvalue weighted by atomic mass is 9.89. The Bertz CT molecular complexity index is 998. The standard InChI is InChI=1S/C24H24N2O3/c1-3-23(27)26(18-10-5-4-6-11-18)21-16-17(2)25(20-13-8-7-12-19(20)21)24(28)22-14-9-15-29-22/h4-15,17,21H,3,16H2,1-2H3/t17-,21+/m0/s1. The number of furan rings is 1. The molecule has 2 heterocycles. The first-order valence-corrected chi connectivity index (χ1v) is 9.95. The van der Waals surface area contributed by atoms with Crippen LogP contribution in [0.15, 0.2) is 77.4 Å². The summed E-state index contributed by atoms with van der Waals surface area (Å²) in [5, 5.41) is 0. The Morgan fingerprint density at radius 2 is 1.76 bits per heavy atom. The molecule has 0 spiro atoms. The van der Waals surface area contributed by atoms with E-state index in [2.05, 4.69) is 0 Å². The van der Waals surface area contributed by atoms with E-state index in [1.54, 1.807) is 17.0 Å². The van der Waals surface area contributed by atoms with Crippen molar-refractivity contribution in [2.24, 2.45) is 0 Å². The molecule has 5 heteroatoms. The van der Waals surface area contributed by atoms with Crippen LogP contribution in [0.1, 0.15) is 48.8 Å². The molecule has 2 aromatic carbocycles. The lowest BCUT2D eigenvalue weighted by Gasteiger charge is -2.43. The quantitative estimate of drug-likeness (QED) is 0.617. The van der Waals surface area contributed by atoms with Gasteiger partial charge in [0, 0.05) is 23.8 Å². The molecule has 2 amide bonds. The average molecular weight is 388 g/mol. The van der Waals surface area contributed by atoms with Crippen molar-refractivity contribution >= 4 is 23.2 Å². The Kier molecular flexibility index (Phi) is 5.21. The third kappa shape index (κ3) is 3.44. The smallest absolute Gasteiger partial charge is 0.294 e. The van der Waals surface area contributed by atoms with Gasteiger partial charge in [-0.15, -0.1) is 0 Å². The number of hydrogen-bond donors (Lipinski definition) is 0. The van der Waals surface area contributed by atoms with E-state index in [0.717, 1.165) is 16.9 Å². The van der Waals surface area contributed by atoms with Crippen LogP contribution in [0.4, 0.5) is 11.4 Å². The minimum Gasteiger partial charge on any atom is -0.459 e. The zero-order valence-electron chi connectivity index (χ0n) is 16.6. The highest BCUT2D eigenvalue weighted by molar-refractivity contribution is 6.06. The first-order chi connectivity index (χ1) is 14.1. The van der Waals surface area contributed by atoms with E-state index in [9.17, 15) is 9.59 Å². The van der Waals surface area contributed by atoms with Crippen LogP contribution in [0, 0.1) is 0 Å². The van der Waals surface area contributed by atoms with Crippen LogP contribution in [-0.2, 0) is 4.79 Å². The molecule has 29 heavy (non-hydrogen) atoms. The van der Waals surface area contributed by atoms with Crippen LogP contribution in [0.2, 0.25) is 0 Å². The van der Waals surface area contributed by atoms with Gasteiger partial charge in [-0.1, -0.05) is 43.3 Å². The van der Waals surface area contributed by atoms with Gasteiger partial charge in [0.1, 0.15) is 0 Å². The largest absolute Gasteiger partial charge is 0.459 e. The molecule has 0 radical (unpaired) electrons. The number of benzene rings is 2. The fourth-order valence-electron chi connectivity index (χ4n) is 4.11. The number of nitrogens with zero attached hydrogens (tertiary/aromatic N) is 2. The monoisotopic (exact) mass is 388 g/mol. The van der Waals surface area contributed by atoms with Crippen LogP contribution in [0.3, 0.4) is 0 Å². The molecule has 2 atom stereocenters. The SMILES string of the molecule is CCC(=O)N(c1ccccc1)[C@@H]1C[C@H](C)N(C(=O)c2ccco2)c2ccccc21. The Balaban J connectivity index is 1.80. The molecule has 0 fully saturated rings. The highest BCUT2D eigenvalue weighted by Crippen LogP contribution is 2.42. The molecule has 0 saturated carbocycles. The lowest BCUT2D eigenvalue weighted by molar-refractivity contribution is -0.118. The lowest BCUT2D eigenvalue weighted by Crippen LogP contribution is -2.47. The van der Waals surface area contributed by atoms with Gasteiger partial charge >= 0.3 is 0 Å². The summed E-state index contributed by atoms with van der Waals surface area (Å²) in [6, 6.07) is 20.7. The van der Waals surface area contributed by atoms with E-state index in [1.807, 2.05) is 73.3 Å². The van der Waals surface area contributed by atoms with Gasteiger partial charge in [-0.05, 0) is 49.2 Å². The van der Waals surface area contributed by atoms with Gasteiger partial charge in [0.05, 0.1) is 12.3 Å². The molecule has 1 aliphatic rings. The van der Waals surface area contributed by atoms with Crippen LogP contribution < -0.4 is 9.80 Å². The Morgan fingerprint density at radius 1 is 1.03 bits per heavy atom. The fourth-order valence-corrected chi connectivity index (χ4v) is 4.11. The van der Waals surface area contributed by atoms with Crippen LogP contribution in [0.5, 0.6) is 0 Å². The molecule has 1 aliphatic heterocycles. The summed E-state index contributed by atoms with van der Waals surface area (Å²) in [5.74, 6) is 0.213. The van der Waals surface area contributed by atoms with Gasteiger partial charge < -0.3 is 14.2 Å². The average Bonchev–Trinajstić information content (AvgIpc) is 3.29. The van der Waals surface area contributed by atoms with Gasteiger partial charge in [0.15, 0.2) is 5.76 Å². The van der Waals surface area contributed by atoms with Crippen molar-refractivity contribution in [2.75, 3.05) is 9.80 Å². The Labute approximate surface area is 170 Å². The number of carbonyl (C=O) groups is 2. The van der Waals surface area contributed by atoms with Crippen LogP contribution in [0.25, 0.3) is 0 Å². The van der Waals surface area contributed by atoms with Crippen molar-refractivity contribution < 1.29 is 14.0 Å². The summed E-state index contributed by atoms with van der Waals surface area (Å²) in [5.41, 5.74) is 2.66. The number of anilines is 2. The summed E-state index contributed by atoms with van der Waals surface area (Å²) < 4.78 is 5.36. The van der Waals surface area contributed by atoms with E-state index >= 15 is 0 Å². The molecule has 3 aromatic rings. The van der Waals surface area contributed by atoms with E-state index in [1.165, 1.54) is 6.26 Å². The van der Waals surface area contributed by atoms with Crippen molar-refractivity contribution in [3.63, 3.8) is 0 Å². The third-order valence-corrected chi connectivity index (χ3v) is 5.43. The number of para-hydroxylation sites is 2. The predicted molar refractivity (Wildman–Crippen MR) is 113 cm³/mol. The third-order valence-electron chi connectivity index (χ3n) is 5.43. The Hall–Kier alpha value is -3.34. The highest BCUT2D eigenvalue weighted by atomic mass is 16.3. The van der Waals surface area contributed by atoms with Gasteiger partial charge in [-0.25, -0.2) is 0 Å². The van der Waals surface area contributed by atoms with Crippen molar-refractivity contribution in [1.82, 2.24) is 0 Å². The number of hydrogen-bond acceptors (Lipinski definition) is 3. The topological polar surface area (TPSA) is 53.8 Å². The zero-order valence-corrected chi connectivity index (χ0v) is 16.6. The summed E-state index contributed by atoms with van der Waals surface area (Å²) in [4.78, 5) is 29.7. The van der Waals surface area contributed by atoms with Crippen molar-refractivity contribution in [2.45, 2.75) is 38.8 Å². The highest BCUT2D eigenvalue weighted by Gasteiger charge is 2.38. The van der Waals surface area contributed by atoms with Crippen LogP contribution >= 0.6 is 0 Å². The van der Waals surface area contributed by atoms with E-state index in [-0.39, 0.29) is 23.9 Å². The molecule has 5 nitrogen and oxygen atoms in total. The number of fused-ring (bicyclic) bond motifs is 1. The second kappa shape index (κ2) is 7.95. The van der Waals surface area contributed by atoms with Crippen molar-refractivity contribution in [3.05, 3.63) is 84.3 Å². The fraction of sp³-hybridized carbons (Fsp3) is 0.250. The molecule has 0 N–H and O–H groups in total. The van der Waals surface area contributed by atoms with E-state index in [0.29, 0.717) is 18.6 Å². The normalized spacial score (nSPS) is 18.2. The maximum atomic E-state index is 13.1. The maximum Gasteiger partial charge on any atom is 0.294 e. The minimum absolute atomic E-state index is 0.0639. The molecule has 148 valence electrons. The van der Waals surface area contributed by atoms with E-state index in [4.69, 9.17) is 4.42 Å². The molecule has 0 bridgehead atoms. The number of amides is 2. The first kappa shape index (κ1) is 19.0. The second-order valence-electron chi connectivity index (χ2n) is 7.26. The molecule has 4 rings (SSSR count). The summed E-state index contributed by atoms with van der Waals surface area (Å²) in [7, 11) is 0. The van der Waals surface area contributed by atoms with Gasteiger partial charge in [-0.3, -0.25) is 9.59 Å². The molecule has 0 saturated heterocycles. The Morgan fingerprint density at radius 3 is 2.45 bits per heavy atom. The molecule has 1 aromatic heterocycles. The second-order valence-corrected chi connectivity index (χ2v) is 7.26. The van der Waals surface area contributed by atoms with Gasteiger partial charge in [-0.2, -0.15) is 0 Å². The minimum atomic E-state index is -0.165. The van der Waals surface area contributed by atoms with E-state index < -0.39 is 0 Å². The molecule has 0 aliphatic carbocycles. The number of carbonyl (C=O) groups excluding carboxylic acids is 2. The van der Waals surface area contributed by atoms with Gasteiger partial charge in [0.25, 0.3) is 5.91 Å².